The Morgan fingerprint density at radius 2 is 2.14 bits per heavy atom. The van der Waals surface area contributed by atoms with Crippen LogP contribution in [0.3, 0.4) is 0 Å². The van der Waals surface area contributed by atoms with Gasteiger partial charge in [0.1, 0.15) is 17.6 Å². The van der Waals surface area contributed by atoms with Crippen molar-refractivity contribution in [2.75, 3.05) is 11.9 Å². The van der Waals surface area contributed by atoms with E-state index in [1.807, 2.05) is 24.3 Å². The van der Waals surface area contributed by atoms with E-state index in [1.165, 1.54) is 0 Å². The minimum absolute atomic E-state index is 0.165. The number of hydrogen-bond donors (Lipinski definition) is 2. The van der Waals surface area contributed by atoms with Crippen molar-refractivity contribution in [1.82, 2.24) is 0 Å². The molecule has 6 nitrogen and oxygen atoms in total. The van der Waals surface area contributed by atoms with E-state index in [2.05, 4.69) is 5.32 Å². The van der Waals surface area contributed by atoms with Crippen LogP contribution < -0.4 is 15.8 Å². The third-order valence-electron chi connectivity index (χ3n) is 2.72. The molecule has 0 saturated carbocycles. The van der Waals surface area contributed by atoms with Crippen molar-refractivity contribution in [1.29, 1.82) is 5.26 Å². The third kappa shape index (κ3) is 4.28. The number of rotatable bonds is 7. The number of benzene rings is 1. The van der Waals surface area contributed by atoms with Gasteiger partial charge in [-0.25, -0.2) is 0 Å². The second-order valence-electron chi connectivity index (χ2n) is 4.29. The Labute approximate surface area is 122 Å². The Balaban J connectivity index is 1.96. The number of carbonyl (C=O) groups excluding carboxylic acids is 1. The molecule has 0 aliphatic heterocycles. The van der Waals surface area contributed by atoms with E-state index in [1.54, 1.807) is 18.2 Å². The van der Waals surface area contributed by atoms with Crippen molar-refractivity contribution < 1.29 is 13.9 Å². The smallest absolute Gasteiger partial charge is 0.220 e. The van der Waals surface area contributed by atoms with Crippen LogP contribution in [0.15, 0.2) is 40.8 Å². The average Bonchev–Trinajstić information content (AvgIpc) is 2.94. The van der Waals surface area contributed by atoms with Crippen LogP contribution in [0, 0.1) is 11.3 Å². The van der Waals surface area contributed by atoms with Gasteiger partial charge >= 0.3 is 0 Å². The maximum absolute atomic E-state index is 10.7. The quantitative estimate of drug-likeness (QED) is 0.810. The number of amides is 1. The fourth-order valence-corrected chi connectivity index (χ4v) is 1.72. The van der Waals surface area contributed by atoms with Gasteiger partial charge in [-0.15, -0.1) is 0 Å². The summed E-state index contributed by atoms with van der Waals surface area (Å²) in [5.74, 6) is 1.15. The maximum Gasteiger partial charge on any atom is 0.220 e. The molecule has 3 N–H and O–H groups in total. The van der Waals surface area contributed by atoms with Gasteiger partial charge in [0.25, 0.3) is 0 Å². The summed E-state index contributed by atoms with van der Waals surface area (Å²) >= 11 is 0. The van der Waals surface area contributed by atoms with Crippen molar-refractivity contribution in [3.8, 4) is 11.8 Å². The summed E-state index contributed by atoms with van der Waals surface area (Å²) in [6.45, 7) is 0.658. The average molecular weight is 285 g/mol. The van der Waals surface area contributed by atoms with Crippen LogP contribution in [0.25, 0.3) is 0 Å². The number of furan rings is 1. The predicted molar refractivity (Wildman–Crippen MR) is 76.5 cm³/mol. The van der Waals surface area contributed by atoms with Gasteiger partial charge in [-0.1, -0.05) is 12.1 Å². The number of nitrogens with one attached hydrogen (secondary N) is 1. The highest BCUT2D eigenvalue weighted by molar-refractivity contribution is 5.73. The van der Waals surface area contributed by atoms with Gasteiger partial charge in [-0.05, 0) is 24.3 Å². The van der Waals surface area contributed by atoms with E-state index in [0.717, 1.165) is 5.69 Å². The third-order valence-corrected chi connectivity index (χ3v) is 2.72. The molecular weight excluding hydrogens is 270 g/mol. The number of nitrogens with zero attached hydrogens (tertiary/aromatic N) is 1. The lowest BCUT2D eigenvalue weighted by molar-refractivity contribution is -0.118. The standard InChI is InChI=1S/C15H15N3O3/c16-9-11-5-6-12(21-11)10-18-13-3-1-2-4-14(13)20-8-7-15(17)19/h1-6,18H,7-8,10H2,(H2,17,19). The minimum Gasteiger partial charge on any atom is -0.491 e. The number of ether oxygens (including phenoxy) is 1. The molecule has 21 heavy (non-hydrogen) atoms. The topological polar surface area (TPSA) is 101 Å². The lowest BCUT2D eigenvalue weighted by Gasteiger charge is -2.11. The number of para-hydroxylation sites is 2. The summed E-state index contributed by atoms with van der Waals surface area (Å²) in [6.07, 6.45) is 0.165. The molecule has 108 valence electrons. The van der Waals surface area contributed by atoms with Crippen LogP contribution in [-0.2, 0) is 11.3 Å². The van der Waals surface area contributed by atoms with Crippen LogP contribution in [0.5, 0.6) is 5.75 Å². The fraction of sp³-hybridized carbons (Fsp3) is 0.200. The molecule has 1 amide bonds. The first kappa shape index (κ1) is 14.5. The number of anilines is 1. The first-order chi connectivity index (χ1) is 10.2. The van der Waals surface area contributed by atoms with Gasteiger partial charge < -0.3 is 20.2 Å². The molecule has 1 heterocycles. The Morgan fingerprint density at radius 1 is 1.33 bits per heavy atom. The molecule has 0 radical (unpaired) electrons. The zero-order valence-electron chi connectivity index (χ0n) is 11.3. The molecule has 0 saturated heterocycles. The molecule has 6 heteroatoms. The largest absolute Gasteiger partial charge is 0.491 e. The van der Waals surface area contributed by atoms with Crippen LogP contribution in [0.1, 0.15) is 17.9 Å². The predicted octanol–water partition coefficient (Wildman–Crippen LogP) is 2.02. The zero-order chi connectivity index (χ0) is 15.1. The van der Waals surface area contributed by atoms with Crippen LogP contribution in [-0.4, -0.2) is 12.5 Å². The Hall–Kier alpha value is -2.94. The molecule has 2 rings (SSSR count). The first-order valence-corrected chi connectivity index (χ1v) is 6.42. The SMILES string of the molecule is N#Cc1ccc(CNc2ccccc2OCCC(N)=O)o1. The molecule has 0 aliphatic rings. The Kier molecular flexibility index (Phi) is 4.83. The highest BCUT2D eigenvalue weighted by Crippen LogP contribution is 2.24. The summed E-state index contributed by atoms with van der Waals surface area (Å²) in [4.78, 5) is 10.7. The number of nitrogens with two attached hydrogens (primary N) is 1. The van der Waals surface area contributed by atoms with E-state index in [-0.39, 0.29) is 18.8 Å². The highest BCUT2D eigenvalue weighted by Gasteiger charge is 2.05. The number of primary amides is 1. The van der Waals surface area contributed by atoms with Gasteiger partial charge in [0.05, 0.1) is 25.3 Å². The molecule has 0 atom stereocenters. The Bertz CT molecular complexity index is 658. The lowest BCUT2D eigenvalue weighted by Crippen LogP contribution is -2.15. The molecule has 0 spiro atoms. The number of hydrogen-bond acceptors (Lipinski definition) is 5. The summed E-state index contributed by atoms with van der Waals surface area (Å²) in [6, 6.07) is 12.6. The Morgan fingerprint density at radius 3 is 2.86 bits per heavy atom. The van der Waals surface area contributed by atoms with Crippen LogP contribution in [0.2, 0.25) is 0 Å². The first-order valence-electron chi connectivity index (χ1n) is 6.42. The molecule has 2 aromatic rings. The van der Waals surface area contributed by atoms with Gasteiger partial charge in [0, 0.05) is 0 Å². The van der Waals surface area contributed by atoms with E-state index < -0.39 is 5.91 Å². The van der Waals surface area contributed by atoms with Gasteiger partial charge in [-0.2, -0.15) is 5.26 Å². The number of carbonyl (C=O) groups is 1. The van der Waals surface area contributed by atoms with Crippen molar-refractivity contribution in [2.24, 2.45) is 5.73 Å². The van der Waals surface area contributed by atoms with Crippen molar-refractivity contribution in [3.05, 3.63) is 47.9 Å². The van der Waals surface area contributed by atoms with E-state index >= 15 is 0 Å². The van der Waals surface area contributed by atoms with E-state index in [0.29, 0.717) is 18.1 Å². The molecule has 0 unspecified atom stereocenters. The minimum atomic E-state index is -0.403. The molecular formula is C15H15N3O3. The van der Waals surface area contributed by atoms with Crippen LogP contribution in [0.4, 0.5) is 5.69 Å². The molecule has 0 bridgehead atoms. The van der Waals surface area contributed by atoms with Gasteiger partial charge in [-0.3, -0.25) is 4.79 Å². The maximum atomic E-state index is 10.7. The zero-order valence-corrected chi connectivity index (χ0v) is 11.3. The molecule has 0 aliphatic carbocycles. The van der Waals surface area contributed by atoms with Gasteiger partial charge in [0.15, 0.2) is 0 Å². The van der Waals surface area contributed by atoms with Crippen molar-refractivity contribution >= 4 is 11.6 Å². The summed E-state index contributed by atoms with van der Waals surface area (Å²) in [5, 5.41) is 11.9. The summed E-state index contributed by atoms with van der Waals surface area (Å²) in [7, 11) is 0. The summed E-state index contributed by atoms with van der Waals surface area (Å²) in [5.41, 5.74) is 5.85. The van der Waals surface area contributed by atoms with Crippen LogP contribution >= 0.6 is 0 Å². The van der Waals surface area contributed by atoms with Crippen molar-refractivity contribution in [3.63, 3.8) is 0 Å². The second-order valence-corrected chi connectivity index (χ2v) is 4.29. The normalized spacial score (nSPS) is 9.86. The highest BCUT2D eigenvalue weighted by atomic mass is 16.5. The number of nitriles is 1. The molecule has 1 aromatic carbocycles. The molecule has 0 fully saturated rings. The fourth-order valence-electron chi connectivity index (χ4n) is 1.72. The van der Waals surface area contributed by atoms with Crippen molar-refractivity contribution in [2.45, 2.75) is 13.0 Å². The lowest BCUT2D eigenvalue weighted by atomic mass is 10.3. The monoisotopic (exact) mass is 285 g/mol. The summed E-state index contributed by atoms with van der Waals surface area (Å²) < 4.78 is 10.8. The van der Waals surface area contributed by atoms with E-state index in [4.69, 9.17) is 20.1 Å². The van der Waals surface area contributed by atoms with E-state index in [9.17, 15) is 4.79 Å². The van der Waals surface area contributed by atoms with Gasteiger partial charge in [0.2, 0.25) is 11.7 Å². The molecule has 1 aromatic heterocycles. The second kappa shape index (κ2) is 7.01.